The van der Waals surface area contributed by atoms with Crippen molar-refractivity contribution in [2.24, 2.45) is 0 Å². The minimum atomic E-state index is -3.51. The summed E-state index contributed by atoms with van der Waals surface area (Å²) < 4.78 is 35.1. The zero-order valence-corrected chi connectivity index (χ0v) is 21.5. The molecule has 1 N–H and O–H groups in total. The SMILES string of the molecule is CCCn1c(CCC(=O)N[C@@H](C)c2ccccc2OC)nc2cc(S(=O)(=O)N3CCCC3)ccc21. The number of carbonyl (C=O) groups excluding carboxylic acids is 1. The van der Waals surface area contributed by atoms with Crippen molar-refractivity contribution in [2.45, 2.75) is 63.4 Å². The minimum Gasteiger partial charge on any atom is -0.496 e. The lowest BCUT2D eigenvalue weighted by Gasteiger charge is -2.17. The number of nitrogens with one attached hydrogen (secondary N) is 1. The Bertz CT molecular complexity index is 1300. The number of nitrogens with zero attached hydrogens (tertiary/aromatic N) is 3. The molecule has 1 saturated heterocycles. The fraction of sp³-hybridized carbons (Fsp3) is 0.462. The van der Waals surface area contributed by atoms with Gasteiger partial charge >= 0.3 is 0 Å². The molecule has 0 spiro atoms. The second-order valence-corrected chi connectivity index (χ2v) is 10.9. The van der Waals surface area contributed by atoms with Crippen LogP contribution in [0.15, 0.2) is 47.4 Å². The molecule has 1 aliphatic rings. The molecule has 0 saturated carbocycles. The van der Waals surface area contributed by atoms with E-state index in [1.165, 1.54) is 0 Å². The van der Waals surface area contributed by atoms with Gasteiger partial charge in [0.05, 0.1) is 29.1 Å². The summed E-state index contributed by atoms with van der Waals surface area (Å²) in [5.41, 5.74) is 2.47. The number of aromatic nitrogens is 2. The number of benzene rings is 2. The number of rotatable bonds is 10. The molecule has 0 bridgehead atoms. The Morgan fingerprint density at radius 3 is 2.63 bits per heavy atom. The lowest BCUT2D eigenvalue weighted by molar-refractivity contribution is -0.121. The first-order chi connectivity index (χ1) is 16.8. The van der Waals surface area contributed by atoms with Crippen LogP contribution in [0.25, 0.3) is 11.0 Å². The number of amides is 1. The molecule has 0 unspecified atom stereocenters. The number of hydrogen-bond acceptors (Lipinski definition) is 5. The number of sulfonamides is 1. The summed E-state index contributed by atoms with van der Waals surface area (Å²) in [5.74, 6) is 1.46. The molecule has 1 fully saturated rings. The molecule has 4 rings (SSSR count). The van der Waals surface area contributed by atoms with Crippen LogP contribution in [0.1, 0.15) is 57.0 Å². The first-order valence-electron chi connectivity index (χ1n) is 12.3. The highest BCUT2D eigenvalue weighted by Crippen LogP contribution is 2.27. The molecule has 0 aliphatic carbocycles. The zero-order valence-electron chi connectivity index (χ0n) is 20.7. The highest BCUT2D eigenvalue weighted by molar-refractivity contribution is 7.89. The van der Waals surface area contributed by atoms with Gasteiger partial charge in [-0.3, -0.25) is 4.79 Å². The fourth-order valence-electron chi connectivity index (χ4n) is 4.70. The molecule has 3 aromatic rings. The average Bonchev–Trinajstić information content (AvgIpc) is 3.52. The second kappa shape index (κ2) is 10.8. The highest BCUT2D eigenvalue weighted by Gasteiger charge is 2.28. The molecule has 1 atom stereocenters. The van der Waals surface area contributed by atoms with Gasteiger partial charge in [-0.1, -0.05) is 25.1 Å². The van der Waals surface area contributed by atoms with Gasteiger partial charge in [0.2, 0.25) is 15.9 Å². The van der Waals surface area contributed by atoms with Crippen molar-refractivity contribution in [3.63, 3.8) is 0 Å². The Kier molecular flexibility index (Phi) is 7.76. The highest BCUT2D eigenvalue weighted by atomic mass is 32.2. The molecule has 1 amide bonds. The monoisotopic (exact) mass is 498 g/mol. The van der Waals surface area contributed by atoms with Crippen molar-refractivity contribution < 1.29 is 17.9 Å². The topological polar surface area (TPSA) is 93.5 Å². The standard InChI is InChI=1S/C26H34N4O4S/c1-4-15-30-23-12-11-20(35(32,33)29-16-7-8-17-29)18-22(23)28-25(30)13-14-26(31)27-19(2)21-9-5-6-10-24(21)34-3/h5-6,9-12,18-19H,4,7-8,13-17H2,1-3H3,(H,27,31)/t19-/m0/s1. The maximum Gasteiger partial charge on any atom is 0.243 e. The number of imidazole rings is 1. The van der Waals surface area contributed by atoms with Crippen LogP contribution < -0.4 is 10.1 Å². The van der Waals surface area contributed by atoms with Crippen LogP contribution >= 0.6 is 0 Å². The van der Waals surface area contributed by atoms with Gasteiger partial charge in [-0.25, -0.2) is 13.4 Å². The first-order valence-corrected chi connectivity index (χ1v) is 13.7. The van der Waals surface area contributed by atoms with E-state index >= 15 is 0 Å². The average molecular weight is 499 g/mol. The first kappa shape index (κ1) is 25.2. The van der Waals surface area contributed by atoms with Crippen molar-refractivity contribution in [1.29, 1.82) is 0 Å². The number of ether oxygens (including phenoxy) is 1. The summed E-state index contributed by atoms with van der Waals surface area (Å²) in [6.07, 6.45) is 3.45. The summed E-state index contributed by atoms with van der Waals surface area (Å²) in [7, 11) is -1.89. The van der Waals surface area contributed by atoms with Gasteiger partial charge in [0.25, 0.3) is 0 Å². The van der Waals surface area contributed by atoms with Crippen molar-refractivity contribution in [3.05, 3.63) is 53.9 Å². The van der Waals surface area contributed by atoms with E-state index in [1.54, 1.807) is 23.5 Å². The molecule has 0 radical (unpaired) electrons. The Hall–Kier alpha value is -2.91. The minimum absolute atomic E-state index is 0.0733. The number of methoxy groups -OCH3 is 1. The Balaban J connectivity index is 1.51. The van der Waals surface area contributed by atoms with Crippen LogP contribution in [0.4, 0.5) is 0 Å². The number of fused-ring (bicyclic) bond motifs is 1. The third-order valence-electron chi connectivity index (χ3n) is 6.51. The van der Waals surface area contributed by atoms with Gasteiger partial charge < -0.3 is 14.6 Å². The van der Waals surface area contributed by atoms with Crippen molar-refractivity contribution in [1.82, 2.24) is 19.2 Å². The maximum atomic E-state index is 13.0. The summed E-state index contributed by atoms with van der Waals surface area (Å²) in [6.45, 7) is 5.91. The Morgan fingerprint density at radius 2 is 1.91 bits per heavy atom. The largest absolute Gasteiger partial charge is 0.496 e. The molecular formula is C26H34N4O4S. The van der Waals surface area contributed by atoms with Gasteiger partial charge in [0.1, 0.15) is 11.6 Å². The lowest BCUT2D eigenvalue weighted by Crippen LogP contribution is -2.27. The molecule has 2 aromatic carbocycles. The van der Waals surface area contributed by atoms with E-state index in [2.05, 4.69) is 16.8 Å². The molecule has 2 heterocycles. The van der Waals surface area contributed by atoms with Gasteiger partial charge in [-0.05, 0) is 50.5 Å². The van der Waals surface area contributed by atoms with E-state index in [1.807, 2.05) is 37.3 Å². The summed E-state index contributed by atoms with van der Waals surface area (Å²) in [4.78, 5) is 17.8. The van der Waals surface area contributed by atoms with E-state index in [0.29, 0.717) is 25.0 Å². The van der Waals surface area contributed by atoms with E-state index in [-0.39, 0.29) is 23.3 Å². The van der Waals surface area contributed by atoms with Crippen molar-refractivity contribution >= 4 is 27.0 Å². The zero-order chi connectivity index (χ0) is 25.0. The van der Waals surface area contributed by atoms with Crippen molar-refractivity contribution in [3.8, 4) is 5.75 Å². The smallest absolute Gasteiger partial charge is 0.243 e. The molecule has 35 heavy (non-hydrogen) atoms. The van der Waals surface area contributed by atoms with Crippen LogP contribution in [0, 0.1) is 0 Å². The molecule has 1 aromatic heterocycles. The van der Waals surface area contributed by atoms with Crippen molar-refractivity contribution in [2.75, 3.05) is 20.2 Å². The number of para-hydroxylation sites is 1. The van der Waals surface area contributed by atoms with Gasteiger partial charge in [-0.2, -0.15) is 4.31 Å². The maximum absolute atomic E-state index is 13.0. The quantitative estimate of drug-likeness (QED) is 0.455. The molecular weight excluding hydrogens is 464 g/mol. The summed E-state index contributed by atoms with van der Waals surface area (Å²) in [6, 6.07) is 12.6. The van der Waals surface area contributed by atoms with Crippen LogP contribution in [-0.4, -0.2) is 48.4 Å². The number of aryl methyl sites for hydroxylation is 2. The predicted molar refractivity (Wildman–Crippen MR) is 136 cm³/mol. The summed E-state index contributed by atoms with van der Waals surface area (Å²) >= 11 is 0. The lowest BCUT2D eigenvalue weighted by atomic mass is 10.1. The van der Waals surface area contributed by atoms with Gasteiger partial charge in [0, 0.05) is 38.0 Å². The third-order valence-corrected chi connectivity index (χ3v) is 8.40. The van der Waals surface area contributed by atoms with Crippen LogP contribution in [-0.2, 0) is 27.8 Å². The van der Waals surface area contributed by atoms with E-state index in [0.717, 1.165) is 48.5 Å². The van der Waals surface area contributed by atoms with Crippen LogP contribution in [0.2, 0.25) is 0 Å². The molecule has 188 valence electrons. The Morgan fingerprint density at radius 1 is 1.17 bits per heavy atom. The van der Waals surface area contributed by atoms with Crippen LogP contribution in [0.3, 0.4) is 0 Å². The van der Waals surface area contributed by atoms with Crippen LogP contribution in [0.5, 0.6) is 5.75 Å². The number of hydrogen-bond donors (Lipinski definition) is 1. The number of carbonyl (C=O) groups is 1. The summed E-state index contributed by atoms with van der Waals surface area (Å²) in [5, 5.41) is 3.05. The van der Waals surface area contributed by atoms with E-state index in [4.69, 9.17) is 9.72 Å². The molecule has 9 heteroatoms. The van der Waals surface area contributed by atoms with E-state index in [9.17, 15) is 13.2 Å². The van der Waals surface area contributed by atoms with Gasteiger partial charge in [-0.15, -0.1) is 0 Å². The second-order valence-electron chi connectivity index (χ2n) is 8.97. The normalized spacial score (nSPS) is 15.4. The predicted octanol–water partition coefficient (Wildman–Crippen LogP) is 4.05. The van der Waals surface area contributed by atoms with Gasteiger partial charge in [0.15, 0.2) is 0 Å². The third kappa shape index (κ3) is 5.36. The molecule has 1 aliphatic heterocycles. The molecule has 8 nitrogen and oxygen atoms in total. The van der Waals surface area contributed by atoms with E-state index < -0.39 is 10.0 Å². The fourth-order valence-corrected chi connectivity index (χ4v) is 6.24. The Labute approximate surface area is 207 Å².